The van der Waals surface area contributed by atoms with E-state index in [9.17, 15) is 9.59 Å². The molecule has 0 saturated heterocycles. The normalized spacial score (nSPS) is 12.2. The predicted molar refractivity (Wildman–Crippen MR) is 64.8 cm³/mol. The van der Waals surface area contributed by atoms with Crippen molar-refractivity contribution in [3.05, 3.63) is 35.4 Å². The second-order valence-electron chi connectivity index (χ2n) is 4.23. The van der Waals surface area contributed by atoms with Crippen molar-refractivity contribution in [1.29, 1.82) is 0 Å². The molecule has 0 aliphatic heterocycles. The number of rotatable bonds is 5. The molecule has 0 heterocycles. The minimum absolute atomic E-state index is 0.00266. The van der Waals surface area contributed by atoms with E-state index in [2.05, 4.69) is 13.8 Å². The predicted octanol–water partition coefficient (Wildman–Crippen LogP) is 3.36. The van der Waals surface area contributed by atoms with Gasteiger partial charge in [0.25, 0.3) is 0 Å². The Morgan fingerprint density at radius 3 is 2.19 bits per heavy atom. The molecule has 0 amide bonds. The van der Waals surface area contributed by atoms with Crippen molar-refractivity contribution in [2.75, 3.05) is 0 Å². The third-order valence-corrected chi connectivity index (χ3v) is 2.82. The van der Waals surface area contributed by atoms with Gasteiger partial charge in [0.05, 0.1) is 6.42 Å². The van der Waals surface area contributed by atoms with E-state index in [0.29, 0.717) is 11.5 Å². The van der Waals surface area contributed by atoms with E-state index in [0.717, 1.165) is 6.42 Å². The lowest BCUT2D eigenvalue weighted by atomic mass is 9.96. The largest absolute Gasteiger partial charge is 0.300 e. The molecular weight excluding hydrogens is 200 g/mol. The van der Waals surface area contributed by atoms with Gasteiger partial charge in [0.1, 0.15) is 5.78 Å². The first-order chi connectivity index (χ1) is 7.54. The van der Waals surface area contributed by atoms with Gasteiger partial charge in [-0.15, -0.1) is 0 Å². The number of Topliss-reactive ketones (excluding diaryl/α,β-unsaturated/α-hetero) is 2. The third-order valence-electron chi connectivity index (χ3n) is 2.82. The molecule has 0 fully saturated rings. The number of carbonyl (C=O) groups excluding carboxylic acids is 2. The lowest BCUT2D eigenvalue weighted by Gasteiger charge is -2.09. The van der Waals surface area contributed by atoms with Crippen LogP contribution in [0.3, 0.4) is 0 Å². The standard InChI is InChI=1S/C14H18O2/c1-4-10(2)12-5-7-13(8-6-12)14(16)9-11(3)15/h5-8,10H,4,9H2,1-3H3. The lowest BCUT2D eigenvalue weighted by Crippen LogP contribution is -2.05. The van der Waals surface area contributed by atoms with Gasteiger partial charge in [-0.1, -0.05) is 38.1 Å². The van der Waals surface area contributed by atoms with Crippen molar-refractivity contribution < 1.29 is 9.59 Å². The van der Waals surface area contributed by atoms with Crippen LogP contribution in [0, 0.1) is 0 Å². The van der Waals surface area contributed by atoms with E-state index >= 15 is 0 Å². The van der Waals surface area contributed by atoms with E-state index in [4.69, 9.17) is 0 Å². The van der Waals surface area contributed by atoms with Gasteiger partial charge in [-0.05, 0) is 24.8 Å². The van der Waals surface area contributed by atoms with Crippen molar-refractivity contribution in [1.82, 2.24) is 0 Å². The van der Waals surface area contributed by atoms with Gasteiger partial charge in [-0.3, -0.25) is 9.59 Å². The molecule has 2 heteroatoms. The van der Waals surface area contributed by atoms with Crippen molar-refractivity contribution in [2.24, 2.45) is 0 Å². The molecule has 0 spiro atoms. The molecule has 2 nitrogen and oxygen atoms in total. The van der Waals surface area contributed by atoms with Gasteiger partial charge in [0, 0.05) is 5.56 Å². The molecule has 0 aliphatic rings. The summed E-state index contributed by atoms with van der Waals surface area (Å²) in [7, 11) is 0. The van der Waals surface area contributed by atoms with Crippen LogP contribution >= 0.6 is 0 Å². The number of carbonyl (C=O) groups is 2. The van der Waals surface area contributed by atoms with Crippen LogP contribution in [0.15, 0.2) is 24.3 Å². The van der Waals surface area contributed by atoms with Crippen LogP contribution in [0.25, 0.3) is 0 Å². The number of hydrogen-bond donors (Lipinski definition) is 0. The highest BCUT2D eigenvalue weighted by Gasteiger charge is 2.09. The average molecular weight is 218 g/mol. The Balaban J connectivity index is 2.78. The third kappa shape index (κ3) is 3.30. The molecule has 16 heavy (non-hydrogen) atoms. The second kappa shape index (κ2) is 5.59. The topological polar surface area (TPSA) is 34.1 Å². The summed E-state index contributed by atoms with van der Waals surface area (Å²) in [5.41, 5.74) is 1.86. The zero-order chi connectivity index (χ0) is 12.1. The Hall–Kier alpha value is -1.44. The van der Waals surface area contributed by atoms with Gasteiger partial charge < -0.3 is 0 Å². The Bertz CT molecular complexity index is 376. The van der Waals surface area contributed by atoms with Crippen molar-refractivity contribution in [3.8, 4) is 0 Å². The second-order valence-corrected chi connectivity index (χ2v) is 4.23. The Morgan fingerprint density at radius 1 is 1.19 bits per heavy atom. The molecule has 0 radical (unpaired) electrons. The molecule has 1 aromatic rings. The highest BCUT2D eigenvalue weighted by Crippen LogP contribution is 2.19. The Kier molecular flexibility index (Phi) is 4.41. The van der Waals surface area contributed by atoms with Crippen molar-refractivity contribution in [3.63, 3.8) is 0 Å². The summed E-state index contributed by atoms with van der Waals surface area (Å²) >= 11 is 0. The van der Waals surface area contributed by atoms with Crippen molar-refractivity contribution in [2.45, 2.75) is 39.5 Å². The average Bonchev–Trinajstić information content (AvgIpc) is 2.27. The highest BCUT2D eigenvalue weighted by molar-refractivity contribution is 6.07. The lowest BCUT2D eigenvalue weighted by molar-refractivity contribution is -0.116. The van der Waals surface area contributed by atoms with Gasteiger partial charge >= 0.3 is 0 Å². The SMILES string of the molecule is CCC(C)c1ccc(C(=O)CC(C)=O)cc1. The molecule has 1 unspecified atom stereocenters. The zero-order valence-electron chi connectivity index (χ0n) is 10.1. The number of benzene rings is 1. The summed E-state index contributed by atoms with van der Waals surface area (Å²) in [6.07, 6.45) is 1.09. The first kappa shape index (κ1) is 12.6. The summed E-state index contributed by atoms with van der Waals surface area (Å²) in [6.45, 7) is 5.73. The first-order valence-electron chi connectivity index (χ1n) is 5.67. The molecule has 86 valence electrons. The summed E-state index contributed by atoms with van der Waals surface area (Å²) < 4.78 is 0. The molecule has 0 saturated carbocycles. The fourth-order valence-electron chi connectivity index (χ4n) is 1.56. The van der Waals surface area contributed by atoms with Gasteiger partial charge in [0.2, 0.25) is 0 Å². The maximum absolute atomic E-state index is 11.6. The van der Waals surface area contributed by atoms with Crippen LogP contribution < -0.4 is 0 Å². The van der Waals surface area contributed by atoms with Gasteiger partial charge in [0.15, 0.2) is 5.78 Å². The summed E-state index contributed by atoms with van der Waals surface area (Å²) in [6, 6.07) is 7.57. The summed E-state index contributed by atoms with van der Waals surface area (Å²) in [5.74, 6) is 0.330. The monoisotopic (exact) mass is 218 g/mol. The maximum Gasteiger partial charge on any atom is 0.170 e. The fraction of sp³-hybridized carbons (Fsp3) is 0.429. The first-order valence-corrected chi connectivity index (χ1v) is 5.67. The molecule has 0 N–H and O–H groups in total. The maximum atomic E-state index is 11.6. The minimum atomic E-state index is -0.0943. The molecule has 0 aliphatic carbocycles. The molecule has 1 aromatic carbocycles. The quantitative estimate of drug-likeness (QED) is 0.561. The van der Waals surface area contributed by atoms with E-state index < -0.39 is 0 Å². The van der Waals surface area contributed by atoms with Crippen LogP contribution in [0.2, 0.25) is 0 Å². The smallest absolute Gasteiger partial charge is 0.170 e. The van der Waals surface area contributed by atoms with E-state index in [1.165, 1.54) is 12.5 Å². The summed E-state index contributed by atoms with van der Waals surface area (Å²) in [5, 5.41) is 0. The van der Waals surface area contributed by atoms with Crippen LogP contribution in [-0.4, -0.2) is 11.6 Å². The summed E-state index contributed by atoms with van der Waals surface area (Å²) in [4.78, 5) is 22.4. The fourth-order valence-corrected chi connectivity index (χ4v) is 1.56. The molecular formula is C14H18O2. The van der Waals surface area contributed by atoms with Crippen LogP contribution in [0.1, 0.15) is 55.5 Å². The molecule has 0 bridgehead atoms. The Morgan fingerprint density at radius 2 is 1.75 bits per heavy atom. The highest BCUT2D eigenvalue weighted by atomic mass is 16.1. The molecule has 1 rings (SSSR count). The van der Waals surface area contributed by atoms with E-state index in [1.54, 1.807) is 0 Å². The minimum Gasteiger partial charge on any atom is -0.300 e. The van der Waals surface area contributed by atoms with Gasteiger partial charge in [-0.25, -0.2) is 0 Å². The van der Waals surface area contributed by atoms with Crippen LogP contribution in [-0.2, 0) is 4.79 Å². The van der Waals surface area contributed by atoms with Crippen molar-refractivity contribution >= 4 is 11.6 Å². The Labute approximate surface area is 96.7 Å². The molecule has 1 atom stereocenters. The number of hydrogen-bond acceptors (Lipinski definition) is 2. The zero-order valence-corrected chi connectivity index (χ0v) is 10.1. The van der Waals surface area contributed by atoms with Gasteiger partial charge in [-0.2, -0.15) is 0 Å². The molecule has 0 aromatic heterocycles. The van der Waals surface area contributed by atoms with E-state index in [1.807, 2.05) is 24.3 Å². The van der Waals surface area contributed by atoms with Crippen LogP contribution in [0.5, 0.6) is 0 Å². The van der Waals surface area contributed by atoms with E-state index in [-0.39, 0.29) is 18.0 Å². The number of ketones is 2. The van der Waals surface area contributed by atoms with Crippen LogP contribution in [0.4, 0.5) is 0 Å².